The van der Waals surface area contributed by atoms with Crippen LogP contribution in [0.25, 0.3) is 5.70 Å². The lowest BCUT2D eigenvalue weighted by molar-refractivity contribution is -0.151. The predicted octanol–water partition coefficient (Wildman–Crippen LogP) is 4.65. The number of carbonyl (C=O) groups is 2. The van der Waals surface area contributed by atoms with E-state index in [4.69, 9.17) is 4.74 Å². The van der Waals surface area contributed by atoms with Crippen molar-refractivity contribution in [3.63, 3.8) is 0 Å². The van der Waals surface area contributed by atoms with Crippen LogP contribution in [-0.2, 0) is 19.9 Å². The van der Waals surface area contributed by atoms with Crippen molar-refractivity contribution in [2.24, 2.45) is 5.92 Å². The predicted molar refractivity (Wildman–Crippen MR) is 126 cm³/mol. The number of aryl methyl sites for hydroxylation is 1. The molecule has 0 fully saturated rings. The highest BCUT2D eigenvalue weighted by Gasteiger charge is 2.53. The molecular formula is C27H26N2O3. The number of benzene rings is 3. The van der Waals surface area contributed by atoms with Crippen LogP contribution in [0.15, 0.2) is 91.0 Å². The van der Waals surface area contributed by atoms with Crippen molar-refractivity contribution in [2.45, 2.75) is 19.4 Å². The average Bonchev–Trinajstić information content (AvgIpc) is 2.83. The Morgan fingerprint density at radius 1 is 0.969 bits per heavy atom. The molecule has 1 amide bonds. The third kappa shape index (κ3) is 4.02. The van der Waals surface area contributed by atoms with Gasteiger partial charge in [-0.05, 0) is 43.2 Å². The van der Waals surface area contributed by atoms with E-state index in [9.17, 15) is 9.59 Å². The molecule has 32 heavy (non-hydrogen) atoms. The fraction of sp³-hybridized carbons (Fsp3) is 0.185. The Balaban J connectivity index is 1.90. The molecule has 2 N–H and O–H groups in total. The van der Waals surface area contributed by atoms with Gasteiger partial charge in [-0.1, -0.05) is 78.4 Å². The summed E-state index contributed by atoms with van der Waals surface area (Å²) < 4.78 is 5.44. The molecule has 1 heterocycles. The van der Waals surface area contributed by atoms with E-state index in [0.717, 1.165) is 16.8 Å². The minimum atomic E-state index is -1.37. The number of amides is 1. The number of rotatable bonds is 6. The summed E-state index contributed by atoms with van der Waals surface area (Å²) in [6, 6.07) is 26.6. The summed E-state index contributed by atoms with van der Waals surface area (Å²) in [5, 5.41) is 6.42. The number of anilines is 1. The van der Waals surface area contributed by atoms with Crippen molar-refractivity contribution in [3.8, 4) is 0 Å². The zero-order chi connectivity index (χ0) is 22.6. The van der Waals surface area contributed by atoms with Gasteiger partial charge in [0.1, 0.15) is 5.92 Å². The summed E-state index contributed by atoms with van der Waals surface area (Å²) in [4.78, 5) is 27.1. The first-order valence-corrected chi connectivity index (χ1v) is 10.7. The maximum absolute atomic E-state index is 13.9. The largest absolute Gasteiger partial charge is 0.465 e. The van der Waals surface area contributed by atoms with Crippen LogP contribution in [0.2, 0.25) is 0 Å². The first kappa shape index (κ1) is 21.4. The molecule has 3 aromatic carbocycles. The topological polar surface area (TPSA) is 67.4 Å². The van der Waals surface area contributed by atoms with Gasteiger partial charge in [0.05, 0.1) is 6.61 Å². The minimum absolute atomic E-state index is 0.223. The fourth-order valence-corrected chi connectivity index (χ4v) is 4.04. The van der Waals surface area contributed by atoms with Crippen molar-refractivity contribution in [3.05, 3.63) is 108 Å². The van der Waals surface area contributed by atoms with Crippen LogP contribution in [0.3, 0.4) is 0 Å². The number of hydrogen-bond donors (Lipinski definition) is 2. The van der Waals surface area contributed by atoms with E-state index in [1.165, 1.54) is 0 Å². The average molecular weight is 427 g/mol. The molecular weight excluding hydrogens is 400 g/mol. The van der Waals surface area contributed by atoms with Gasteiger partial charge in [0.15, 0.2) is 5.54 Å². The smallest absolute Gasteiger partial charge is 0.316 e. The Labute approximate surface area is 188 Å². The first-order valence-electron chi connectivity index (χ1n) is 10.7. The van der Waals surface area contributed by atoms with Gasteiger partial charge in [-0.15, -0.1) is 0 Å². The third-order valence-electron chi connectivity index (χ3n) is 5.65. The molecule has 5 heteroatoms. The van der Waals surface area contributed by atoms with Gasteiger partial charge >= 0.3 is 5.97 Å². The third-order valence-corrected chi connectivity index (χ3v) is 5.65. The molecule has 0 unspecified atom stereocenters. The number of nitrogens with one attached hydrogen (secondary N) is 2. The lowest BCUT2D eigenvalue weighted by Crippen LogP contribution is -2.59. The lowest BCUT2D eigenvalue weighted by Gasteiger charge is -2.42. The summed E-state index contributed by atoms with van der Waals surface area (Å²) in [5.74, 6) is -1.65. The molecule has 0 bridgehead atoms. The maximum atomic E-state index is 13.9. The van der Waals surface area contributed by atoms with Crippen LogP contribution in [0.5, 0.6) is 0 Å². The molecule has 0 saturated carbocycles. The molecule has 1 aliphatic rings. The van der Waals surface area contributed by atoms with Crippen LogP contribution in [0, 0.1) is 12.8 Å². The van der Waals surface area contributed by atoms with Crippen molar-refractivity contribution >= 4 is 23.3 Å². The van der Waals surface area contributed by atoms with Gasteiger partial charge in [-0.25, -0.2) is 0 Å². The molecule has 1 aliphatic heterocycles. The molecule has 0 spiro atoms. The highest BCUT2D eigenvalue weighted by atomic mass is 16.5. The van der Waals surface area contributed by atoms with E-state index in [1.54, 1.807) is 13.0 Å². The molecule has 0 radical (unpaired) electrons. The zero-order valence-corrected chi connectivity index (χ0v) is 18.2. The second kappa shape index (κ2) is 9.10. The minimum Gasteiger partial charge on any atom is -0.465 e. The van der Waals surface area contributed by atoms with Crippen molar-refractivity contribution in [1.82, 2.24) is 5.32 Å². The Hall–Kier alpha value is -3.86. The number of carbonyl (C=O) groups excluding carboxylic acids is 2. The molecule has 0 aliphatic carbocycles. The summed E-state index contributed by atoms with van der Waals surface area (Å²) in [6.45, 7) is 3.99. The molecule has 0 saturated heterocycles. The highest BCUT2D eigenvalue weighted by molar-refractivity contribution is 6.04. The van der Waals surface area contributed by atoms with Crippen LogP contribution in [0.4, 0.5) is 5.69 Å². The summed E-state index contributed by atoms with van der Waals surface area (Å²) in [7, 11) is 0. The maximum Gasteiger partial charge on any atom is 0.316 e. The second-order valence-corrected chi connectivity index (χ2v) is 7.80. The zero-order valence-electron chi connectivity index (χ0n) is 18.2. The van der Waals surface area contributed by atoms with Crippen LogP contribution < -0.4 is 10.6 Å². The summed E-state index contributed by atoms with van der Waals surface area (Å²) in [6.07, 6.45) is 1.79. The van der Waals surface area contributed by atoms with E-state index in [1.807, 2.05) is 91.9 Å². The van der Waals surface area contributed by atoms with Gasteiger partial charge in [-0.3, -0.25) is 9.59 Å². The molecule has 3 aromatic rings. The van der Waals surface area contributed by atoms with E-state index in [0.29, 0.717) is 11.3 Å². The van der Waals surface area contributed by atoms with E-state index in [2.05, 4.69) is 10.6 Å². The van der Waals surface area contributed by atoms with Gasteiger partial charge in [0, 0.05) is 11.4 Å². The summed E-state index contributed by atoms with van der Waals surface area (Å²) >= 11 is 0. The fourth-order valence-electron chi connectivity index (χ4n) is 4.04. The highest BCUT2D eigenvalue weighted by Crippen LogP contribution is 2.40. The van der Waals surface area contributed by atoms with Crippen molar-refractivity contribution < 1.29 is 14.3 Å². The first-order chi connectivity index (χ1) is 15.5. The van der Waals surface area contributed by atoms with Crippen LogP contribution >= 0.6 is 0 Å². The number of ether oxygens (including phenoxy) is 1. The van der Waals surface area contributed by atoms with Gasteiger partial charge in [0.2, 0.25) is 0 Å². The SMILES string of the molecule is CCOC(=O)[C@@H]1C=C(c2ccccc2)NC(=O)[C@@]1(Nc1ccc(C)cc1)c1ccccc1. The Bertz CT molecular complexity index is 1120. The van der Waals surface area contributed by atoms with E-state index < -0.39 is 17.4 Å². The van der Waals surface area contributed by atoms with Gasteiger partial charge in [0.25, 0.3) is 5.91 Å². The second-order valence-electron chi connectivity index (χ2n) is 7.80. The Kier molecular flexibility index (Phi) is 6.08. The molecule has 0 aromatic heterocycles. The van der Waals surface area contributed by atoms with Gasteiger partial charge < -0.3 is 15.4 Å². The van der Waals surface area contributed by atoms with Crippen molar-refractivity contribution in [1.29, 1.82) is 0 Å². The molecule has 4 rings (SSSR count). The normalized spacial score (nSPS) is 20.1. The van der Waals surface area contributed by atoms with Crippen LogP contribution in [0.1, 0.15) is 23.6 Å². The van der Waals surface area contributed by atoms with E-state index >= 15 is 0 Å². The Morgan fingerprint density at radius 2 is 1.59 bits per heavy atom. The summed E-state index contributed by atoms with van der Waals surface area (Å²) in [5.41, 5.74) is 2.56. The lowest BCUT2D eigenvalue weighted by atomic mass is 9.73. The molecule has 2 atom stereocenters. The van der Waals surface area contributed by atoms with Crippen LogP contribution in [-0.4, -0.2) is 18.5 Å². The van der Waals surface area contributed by atoms with Gasteiger partial charge in [-0.2, -0.15) is 0 Å². The molecule has 162 valence electrons. The molecule has 5 nitrogen and oxygen atoms in total. The van der Waals surface area contributed by atoms with Crippen molar-refractivity contribution in [2.75, 3.05) is 11.9 Å². The number of esters is 1. The monoisotopic (exact) mass is 426 g/mol. The number of hydrogen-bond acceptors (Lipinski definition) is 4. The van der Waals surface area contributed by atoms with E-state index in [-0.39, 0.29) is 12.5 Å². The Morgan fingerprint density at radius 3 is 2.22 bits per heavy atom. The standard InChI is InChI=1S/C27H26N2O3/c1-3-32-25(30)23-18-24(20-10-6-4-7-11-20)28-26(31)27(23,21-12-8-5-9-13-21)29-22-16-14-19(2)15-17-22/h4-18,23,29H,3H2,1-2H3,(H,28,31)/t23-,27+/m0/s1. The quantitative estimate of drug-likeness (QED) is 0.563.